The van der Waals surface area contributed by atoms with Crippen molar-refractivity contribution in [3.63, 3.8) is 0 Å². The average Bonchev–Trinajstić information content (AvgIpc) is 2.79. The molecule has 0 aliphatic carbocycles. The van der Waals surface area contributed by atoms with Gasteiger partial charge in [0.15, 0.2) is 11.5 Å². The van der Waals surface area contributed by atoms with Crippen molar-refractivity contribution in [2.24, 2.45) is 5.92 Å². The number of rotatable bonds is 13. The van der Waals surface area contributed by atoms with E-state index in [2.05, 4.69) is 31.3 Å². The first-order valence-corrected chi connectivity index (χ1v) is 11.3. The molecule has 0 spiro atoms. The molecule has 0 aromatic heterocycles. The maximum Gasteiger partial charge on any atom is 0.422 e. The van der Waals surface area contributed by atoms with E-state index in [4.69, 9.17) is 14.2 Å². The Morgan fingerprint density at radius 2 is 1.82 bits per heavy atom. The number of amides is 2. The number of methoxy groups -OCH3 is 1. The molecule has 0 fully saturated rings. The molecule has 0 radical (unpaired) electrons. The highest BCUT2D eigenvalue weighted by atomic mass is 16.6. The van der Waals surface area contributed by atoms with Crippen molar-refractivity contribution < 1.29 is 33.4 Å². The minimum Gasteiger partial charge on any atom is -0.493 e. The maximum absolute atomic E-state index is 12.1. The van der Waals surface area contributed by atoms with Crippen LogP contribution in [0.5, 0.6) is 11.5 Å². The number of nitrogens with one attached hydrogen (secondary N) is 1. The van der Waals surface area contributed by atoms with Gasteiger partial charge in [-0.2, -0.15) is 0 Å². The third-order valence-corrected chi connectivity index (χ3v) is 4.83. The van der Waals surface area contributed by atoms with Gasteiger partial charge in [0.1, 0.15) is 6.61 Å². The standard InChI is InChI=1S/C25H36N2O7/c1-18(2)10-8-6-7-9-11-23(29)26-17-20-12-13-21(22(16-20)32-5)34-25(31)24(30)33-15-14-27(4)19(3)28/h8,10,12-13,16,18H,6-7,9,11,14-15,17H2,1-5H3,(H,26,29)/b10-8+. The fourth-order valence-electron chi connectivity index (χ4n) is 2.74. The Hall–Kier alpha value is -3.36. The summed E-state index contributed by atoms with van der Waals surface area (Å²) in [6.07, 6.45) is 7.50. The molecule has 1 N–H and O–H groups in total. The van der Waals surface area contributed by atoms with E-state index >= 15 is 0 Å². The number of allylic oxidation sites excluding steroid dienone is 2. The van der Waals surface area contributed by atoms with E-state index in [1.807, 2.05) is 0 Å². The van der Waals surface area contributed by atoms with Crippen LogP contribution in [0.2, 0.25) is 0 Å². The summed E-state index contributed by atoms with van der Waals surface area (Å²) in [5.74, 6) is -1.77. The molecule has 9 heteroatoms. The van der Waals surface area contributed by atoms with E-state index in [1.54, 1.807) is 19.2 Å². The summed E-state index contributed by atoms with van der Waals surface area (Å²) in [6, 6.07) is 4.76. The fraction of sp³-hybridized carbons (Fsp3) is 0.520. The van der Waals surface area contributed by atoms with Crippen LogP contribution in [-0.2, 0) is 30.5 Å². The van der Waals surface area contributed by atoms with E-state index in [-0.39, 0.29) is 36.5 Å². The van der Waals surface area contributed by atoms with Crippen molar-refractivity contribution >= 4 is 23.8 Å². The van der Waals surface area contributed by atoms with E-state index in [9.17, 15) is 19.2 Å². The molecule has 0 aliphatic rings. The second-order valence-corrected chi connectivity index (χ2v) is 8.15. The van der Waals surface area contributed by atoms with Crippen LogP contribution in [0.4, 0.5) is 0 Å². The lowest BCUT2D eigenvalue weighted by molar-refractivity contribution is -0.162. The van der Waals surface area contributed by atoms with Gasteiger partial charge in [-0.25, -0.2) is 9.59 Å². The van der Waals surface area contributed by atoms with Gasteiger partial charge in [0.2, 0.25) is 11.8 Å². The van der Waals surface area contributed by atoms with Gasteiger partial charge in [-0.05, 0) is 42.9 Å². The van der Waals surface area contributed by atoms with Crippen LogP contribution in [0.15, 0.2) is 30.4 Å². The molecule has 0 bridgehead atoms. The van der Waals surface area contributed by atoms with Crippen molar-refractivity contribution in [2.75, 3.05) is 27.3 Å². The zero-order chi connectivity index (χ0) is 25.5. The lowest BCUT2D eigenvalue weighted by atomic mass is 10.1. The minimum absolute atomic E-state index is 0.0412. The molecule has 0 saturated carbocycles. The topological polar surface area (TPSA) is 111 Å². The average molecular weight is 477 g/mol. The first kappa shape index (κ1) is 28.7. The van der Waals surface area contributed by atoms with Crippen LogP contribution in [0.25, 0.3) is 0 Å². The zero-order valence-electron chi connectivity index (χ0n) is 20.7. The number of unbranched alkanes of at least 4 members (excludes halogenated alkanes) is 2. The monoisotopic (exact) mass is 476 g/mol. The lowest BCUT2D eigenvalue weighted by Gasteiger charge is -2.14. The van der Waals surface area contributed by atoms with Crippen LogP contribution in [-0.4, -0.2) is 56.0 Å². The van der Waals surface area contributed by atoms with Gasteiger partial charge < -0.3 is 24.4 Å². The number of hydrogen-bond donors (Lipinski definition) is 1. The van der Waals surface area contributed by atoms with Crippen LogP contribution < -0.4 is 14.8 Å². The molecule has 0 atom stereocenters. The second-order valence-electron chi connectivity index (χ2n) is 8.15. The summed E-state index contributed by atoms with van der Waals surface area (Å²) in [5.41, 5.74) is 0.750. The molecule has 0 unspecified atom stereocenters. The summed E-state index contributed by atoms with van der Waals surface area (Å²) in [5, 5.41) is 2.86. The number of carbonyl (C=O) groups excluding carboxylic acids is 4. The van der Waals surface area contributed by atoms with Crippen molar-refractivity contribution in [3.8, 4) is 11.5 Å². The summed E-state index contributed by atoms with van der Waals surface area (Å²) in [4.78, 5) is 48.4. The van der Waals surface area contributed by atoms with Crippen molar-refractivity contribution in [1.29, 1.82) is 0 Å². The number of benzene rings is 1. The molecule has 9 nitrogen and oxygen atoms in total. The maximum atomic E-state index is 12.1. The highest BCUT2D eigenvalue weighted by molar-refractivity contribution is 6.30. The number of carbonyl (C=O) groups is 4. The molecule has 1 rings (SSSR count). The third-order valence-electron chi connectivity index (χ3n) is 4.83. The van der Waals surface area contributed by atoms with Crippen LogP contribution in [0.3, 0.4) is 0 Å². The fourth-order valence-corrected chi connectivity index (χ4v) is 2.74. The Bertz CT molecular complexity index is 865. The molecular formula is C25H36N2O7. The van der Waals surface area contributed by atoms with Crippen LogP contribution >= 0.6 is 0 Å². The predicted molar refractivity (Wildman–Crippen MR) is 127 cm³/mol. The number of hydrogen-bond acceptors (Lipinski definition) is 7. The van der Waals surface area contributed by atoms with E-state index < -0.39 is 11.9 Å². The Morgan fingerprint density at radius 1 is 1.09 bits per heavy atom. The number of esters is 2. The van der Waals surface area contributed by atoms with Gasteiger partial charge in [-0.1, -0.05) is 32.1 Å². The molecule has 1 aromatic carbocycles. The Kier molecular flexibility index (Phi) is 13.0. The summed E-state index contributed by atoms with van der Waals surface area (Å²) < 4.78 is 15.1. The quantitative estimate of drug-likeness (QED) is 0.153. The predicted octanol–water partition coefficient (Wildman–Crippen LogP) is 3.01. The molecule has 0 aliphatic heterocycles. The van der Waals surface area contributed by atoms with Gasteiger partial charge >= 0.3 is 11.9 Å². The second kappa shape index (κ2) is 15.5. The first-order chi connectivity index (χ1) is 16.1. The first-order valence-electron chi connectivity index (χ1n) is 11.3. The van der Waals surface area contributed by atoms with Gasteiger partial charge in [0.25, 0.3) is 0 Å². The third kappa shape index (κ3) is 11.5. The summed E-state index contributed by atoms with van der Waals surface area (Å²) in [6.45, 7) is 5.96. The van der Waals surface area contributed by atoms with E-state index in [0.29, 0.717) is 18.9 Å². The SMILES string of the molecule is COc1cc(CNC(=O)CCCC/C=C/C(C)C)ccc1OC(=O)C(=O)OCCN(C)C(C)=O. The molecular weight excluding hydrogens is 440 g/mol. The number of nitrogens with zero attached hydrogens (tertiary/aromatic N) is 1. The highest BCUT2D eigenvalue weighted by Gasteiger charge is 2.21. The van der Waals surface area contributed by atoms with Gasteiger partial charge in [0.05, 0.1) is 13.7 Å². The molecule has 34 heavy (non-hydrogen) atoms. The summed E-state index contributed by atoms with van der Waals surface area (Å²) in [7, 11) is 2.95. The largest absolute Gasteiger partial charge is 0.493 e. The molecule has 2 amide bonds. The van der Waals surface area contributed by atoms with Crippen LogP contribution in [0, 0.1) is 5.92 Å². The highest BCUT2D eigenvalue weighted by Crippen LogP contribution is 2.28. The zero-order valence-corrected chi connectivity index (χ0v) is 20.7. The Morgan fingerprint density at radius 3 is 2.47 bits per heavy atom. The molecule has 0 heterocycles. The molecule has 0 saturated heterocycles. The van der Waals surface area contributed by atoms with E-state index in [1.165, 1.54) is 25.0 Å². The molecule has 188 valence electrons. The van der Waals surface area contributed by atoms with Crippen molar-refractivity contribution in [1.82, 2.24) is 10.2 Å². The van der Waals surface area contributed by atoms with Gasteiger partial charge in [0, 0.05) is 26.9 Å². The number of likely N-dealkylation sites (N-methyl/N-ethyl adjacent to an activating group) is 1. The summed E-state index contributed by atoms with van der Waals surface area (Å²) >= 11 is 0. The van der Waals surface area contributed by atoms with Crippen LogP contribution in [0.1, 0.15) is 52.0 Å². The number of ether oxygens (including phenoxy) is 3. The lowest BCUT2D eigenvalue weighted by Crippen LogP contribution is -2.30. The van der Waals surface area contributed by atoms with E-state index in [0.717, 1.165) is 24.8 Å². The molecule has 1 aromatic rings. The minimum atomic E-state index is -1.20. The normalized spacial score (nSPS) is 10.8. The van der Waals surface area contributed by atoms with Gasteiger partial charge in [-0.3, -0.25) is 9.59 Å². The van der Waals surface area contributed by atoms with Gasteiger partial charge in [-0.15, -0.1) is 0 Å². The van der Waals surface area contributed by atoms with Crippen molar-refractivity contribution in [3.05, 3.63) is 35.9 Å². The van der Waals surface area contributed by atoms with Crippen molar-refractivity contribution in [2.45, 2.75) is 53.0 Å². The smallest absolute Gasteiger partial charge is 0.422 e. The Labute approximate surface area is 201 Å². The Balaban J connectivity index is 2.48.